The van der Waals surface area contributed by atoms with E-state index in [1.807, 2.05) is 0 Å². The molecule has 6 heteroatoms. The molecule has 1 unspecified atom stereocenters. The van der Waals surface area contributed by atoms with E-state index >= 15 is 0 Å². The Balaban J connectivity index is 2.53. The fourth-order valence-corrected chi connectivity index (χ4v) is 1.52. The molecule has 0 saturated heterocycles. The normalized spacial score (nSPS) is 14.7. The predicted octanol–water partition coefficient (Wildman–Crippen LogP) is 2.42. The Labute approximate surface area is 89.1 Å². The van der Waals surface area contributed by atoms with Gasteiger partial charge >= 0.3 is 0 Å². The molecule has 68 valence electrons. The molecule has 0 amide bonds. The molecule has 1 atom stereocenters. The molecule has 0 saturated carbocycles. The van der Waals surface area contributed by atoms with Gasteiger partial charge < -0.3 is 5.11 Å². The molecule has 2 nitrogen and oxygen atoms in total. The number of hydrogen-bond acceptors (Lipinski definition) is 3. The van der Waals surface area contributed by atoms with Crippen molar-refractivity contribution in [1.29, 1.82) is 0 Å². The lowest BCUT2D eigenvalue weighted by atomic mass is 10.3. The molecule has 1 rings (SSSR count). The van der Waals surface area contributed by atoms with Crippen LogP contribution in [0, 0.1) is 0 Å². The standard InChI is InChI=1S/C6H6Cl3NOS/c7-6(8,9)4(11)3-5-10-1-2-12-5/h1-2,4,11H,3H2. The Hall–Kier alpha value is 0.460. The fraction of sp³-hybridized carbons (Fsp3) is 0.500. The number of thiazole rings is 1. The highest BCUT2D eigenvalue weighted by Gasteiger charge is 2.31. The first-order valence-corrected chi connectivity index (χ1v) is 5.14. The molecule has 0 bridgehead atoms. The zero-order valence-electron chi connectivity index (χ0n) is 5.88. The zero-order chi connectivity index (χ0) is 9.19. The highest BCUT2D eigenvalue weighted by Crippen LogP contribution is 2.32. The summed E-state index contributed by atoms with van der Waals surface area (Å²) in [6.07, 6.45) is 0.910. The summed E-state index contributed by atoms with van der Waals surface area (Å²) in [6, 6.07) is 0. The second kappa shape index (κ2) is 4.11. The summed E-state index contributed by atoms with van der Waals surface area (Å²) < 4.78 is -1.63. The summed E-state index contributed by atoms with van der Waals surface area (Å²) in [5.41, 5.74) is 0. The summed E-state index contributed by atoms with van der Waals surface area (Å²) in [7, 11) is 0. The van der Waals surface area contributed by atoms with E-state index in [1.165, 1.54) is 11.3 Å². The minimum atomic E-state index is -1.63. The maximum Gasteiger partial charge on any atom is 0.216 e. The van der Waals surface area contributed by atoms with Gasteiger partial charge in [-0.3, -0.25) is 0 Å². The molecule has 1 heterocycles. The molecule has 0 radical (unpaired) electrons. The Morgan fingerprint density at radius 3 is 2.67 bits per heavy atom. The van der Waals surface area contributed by atoms with Crippen LogP contribution in [0.25, 0.3) is 0 Å². The smallest absolute Gasteiger partial charge is 0.216 e. The number of nitrogens with zero attached hydrogens (tertiary/aromatic N) is 1. The van der Waals surface area contributed by atoms with Gasteiger partial charge in [-0.15, -0.1) is 11.3 Å². The molecule has 0 spiro atoms. The van der Waals surface area contributed by atoms with Crippen LogP contribution in [0.1, 0.15) is 5.01 Å². The van der Waals surface area contributed by atoms with Crippen LogP contribution in [0.4, 0.5) is 0 Å². The molecule has 12 heavy (non-hydrogen) atoms. The van der Waals surface area contributed by atoms with Crippen molar-refractivity contribution < 1.29 is 5.11 Å². The number of aliphatic hydroxyl groups excluding tert-OH is 1. The van der Waals surface area contributed by atoms with Crippen LogP contribution < -0.4 is 0 Å². The summed E-state index contributed by atoms with van der Waals surface area (Å²) in [6.45, 7) is 0. The van der Waals surface area contributed by atoms with E-state index in [2.05, 4.69) is 4.98 Å². The second-order valence-corrected chi connectivity index (χ2v) is 5.54. The van der Waals surface area contributed by atoms with Gasteiger partial charge in [0.2, 0.25) is 3.79 Å². The second-order valence-electron chi connectivity index (χ2n) is 2.19. The van der Waals surface area contributed by atoms with Gasteiger partial charge in [0.15, 0.2) is 0 Å². The third-order valence-corrected chi connectivity index (χ3v) is 2.79. The van der Waals surface area contributed by atoms with Crippen LogP contribution in [-0.2, 0) is 6.42 Å². The zero-order valence-corrected chi connectivity index (χ0v) is 8.96. The van der Waals surface area contributed by atoms with Crippen molar-refractivity contribution in [2.24, 2.45) is 0 Å². The van der Waals surface area contributed by atoms with Crippen LogP contribution in [0.3, 0.4) is 0 Å². The number of halogens is 3. The molecule has 1 aromatic heterocycles. The van der Waals surface area contributed by atoms with Gasteiger partial charge in [0.05, 0.1) is 5.01 Å². The van der Waals surface area contributed by atoms with Crippen LogP contribution in [-0.4, -0.2) is 20.0 Å². The molecule has 0 aromatic carbocycles. The quantitative estimate of drug-likeness (QED) is 0.813. The lowest BCUT2D eigenvalue weighted by Gasteiger charge is -2.17. The monoisotopic (exact) mass is 245 g/mol. The lowest BCUT2D eigenvalue weighted by Crippen LogP contribution is -2.27. The minimum absolute atomic E-state index is 0.272. The van der Waals surface area contributed by atoms with Crippen molar-refractivity contribution in [1.82, 2.24) is 4.98 Å². The van der Waals surface area contributed by atoms with Crippen LogP contribution in [0.2, 0.25) is 0 Å². The molecule has 0 aliphatic carbocycles. The van der Waals surface area contributed by atoms with Gasteiger partial charge in [-0.1, -0.05) is 34.8 Å². The topological polar surface area (TPSA) is 33.1 Å². The molecule has 0 fully saturated rings. The first-order valence-electron chi connectivity index (χ1n) is 3.13. The first-order chi connectivity index (χ1) is 5.50. The van der Waals surface area contributed by atoms with Crippen molar-refractivity contribution in [3.63, 3.8) is 0 Å². The van der Waals surface area contributed by atoms with Gasteiger partial charge in [0.1, 0.15) is 6.10 Å². The van der Waals surface area contributed by atoms with E-state index in [-0.39, 0.29) is 6.42 Å². The minimum Gasteiger partial charge on any atom is -0.388 e. The van der Waals surface area contributed by atoms with Crippen molar-refractivity contribution in [2.75, 3.05) is 0 Å². The summed E-state index contributed by atoms with van der Waals surface area (Å²) in [4.78, 5) is 3.95. The van der Waals surface area contributed by atoms with Crippen molar-refractivity contribution in [3.8, 4) is 0 Å². The number of alkyl halides is 3. The third kappa shape index (κ3) is 3.07. The number of aliphatic hydroxyl groups is 1. The Morgan fingerprint density at radius 2 is 2.25 bits per heavy atom. The Bertz CT molecular complexity index is 233. The number of rotatable bonds is 2. The van der Waals surface area contributed by atoms with E-state index in [0.29, 0.717) is 0 Å². The summed E-state index contributed by atoms with van der Waals surface area (Å²) >= 11 is 17.8. The van der Waals surface area contributed by atoms with Crippen LogP contribution in [0.15, 0.2) is 11.6 Å². The largest absolute Gasteiger partial charge is 0.388 e. The average Bonchev–Trinajstić information content (AvgIpc) is 2.37. The van der Waals surface area contributed by atoms with Gasteiger partial charge in [-0.05, 0) is 0 Å². The summed E-state index contributed by atoms with van der Waals surface area (Å²) in [5.74, 6) is 0. The fourth-order valence-electron chi connectivity index (χ4n) is 0.635. The molecule has 0 aliphatic heterocycles. The van der Waals surface area contributed by atoms with Gasteiger partial charge in [-0.25, -0.2) is 4.98 Å². The van der Waals surface area contributed by atoms with Crippen LogP contribution >= 0.6 is 46.1 Å². The Kier molecular flexibility index (Phi) is 3.61. The lowest BCUT2D eigenvalue weighted by molar-refractivity contribution is 0.179. The number of aromatic nitrogens is 1. The molecule has 0 aliphatic rings. The van der Waals surface area contributed by atoms with E-state index in [9.17, 15) is 5.11 Å². The third-order valence-electron chi connectivity index (χ3n) is 1.23. The predicted molar refractivity (Wildman–Crippen MR) is 52.1 cm³/mol. The molecule has 1 aromatic rings. The van der Waals surface area contributed by atoms with Gasteiger partial charge in [-0.2, -0.15) is 0 Å². The van der Waals surface area contributed by atoms with Crippen LogP contribution in [0.5, 0.6) is 0 Å². The maximum atomic E-state index is 9.33. The van der Waals surface area contributed by atoms with Crippen molar-refractivity contribution >= 4 is 46.1 Å². The Morgan fingerprint density at radius 1 is 1.58 bits per heavy atom. The first kappa shape index (κ1) is 10.5. The van der Waals surface area contributed by atoms with Crippen molar-refractivity contribution in [2.45, 2.75) is 16.3 Å². The molecular formula is C6H6Cl3NOS. The van der Waals surface area contributed by atoms with Crippen molar-refractivity contribution in [3.05, 3.63) is 16.6 Å². The highest BCUT2D eigenvalue weighted by atomic mass is 35.6. The van der Waals surface area contributed by atoms with Gasteiger partial charge in [0, 0.05) is 18.0 Å². The van der Waals surface area contributed by atoms with Gasteiger partial charge in [0.25, 0.3) is 0 Å². The maximum absolute atomic E-state index is 9.33. The highest BCUT2D eigenvalue weighted by molar-refractivity contribution is 7.09. The number of hydrogen-bond donors (Lipinski definition) is 1. The average molecular weight is 247 g/mol. The van der Waals surface area contributed by atoms with E-state index in [0.717, 1.165) is 5.01 Å². The van der Waals surface area contributed by atoms with E-state index < -0.39 is 9.90 Å². The van der Waals surface area contributed by atoms with E-state index in [1.54, 1.807) is 11.6 Å². The SMILES string of the molecule is OC(Cc1nccs1)C(Cl)(Cl)Cl. The molecular weight excluding hydrogens is 240 g/mol. The van der Waals surface area contributed by atoms with E-state index in [4.69, 9.17) is 34.8 Å². The molecule has 1 N–H and O–H groups in total. The summed E-state index contributed by atoms with van der Waals surface area (Å²) in [5, 5.41) is 11.9.